The van der Waals surface area contributed by atoms with E-state index < -0.39 is 0 Å². The van der Waals surface area contributed by atoms with Gasteiger partial charge in [0.1, 0.15) is 0 Å². The van der Waals surface area contributed by atoms with Gasteiger partial charge in [-0.25, -0.2) is 4.68 Å². The number of aryl methyl sites for hydroxylation is 1. The molecule has 0 aromatic carbocycles. The largest absolute Gasteiger partial charge is 0.378 e. The number of thiol groups is 1. The Kier molecular flexibility index (Phi) is 8.83. The van der Waals surface area contributed by atoms with Crippen molar-refractivity contribution in [1.82, 2.24) is 15.0 Å². The Morgan fingerprint density at radius 1 is 1.06 bits per heavy atom. The summed E-state index contributed by atoms with van der Waals surface area (Å²) in [5, 5.41) is 7.82. The van der Waals surface area contributed by atoms with E-state index in [-0.39, 0.29) is 0 Å². The number of nitrogens with zero attached hydrogens (tertiary/aromatic N) is 3. The fraction of sp³-hybridized carbons (Fsp3) is 0.818. The minimum absolute atomic E-state index is 0.584. The summed E-state index contributed by atoms with van der Waals surface area (Å²) in [6.07, 6.45) is 1.89. The molecule has 0 amide bonds. The fourth-order valence-corrected chi connectivity index (χ4v) is 1.40. The average Bonchev–Trinajstić information content (AvgIpc) is 2.77. The predicted molar refractivity (Wildman–Crippen MR) is 71.1 cm³/mol. The van der Waals surface area contributed by atoms with Crippen molar-refractivity contribution in [2.75, 3.05) is 45.4 Å². The van der Waals surface area contributed by atoms with Crippen LogP contribution in [-0.4, -0.2) is 60.4 Å². The summed E-state index contributed by atoms with van der Waals surface area (Å²) in [7, 11) is 0. The van der Waals surface area contributed by atoms with Crippen LogP contribution in [0.3, 0.4) is 0 Å². The third kappa shape index (κ3) is 7.65. The Bertz CT molecular complexity index is 309. The Labute approximate surface area is 113 Å². The molecule has 0 unspecified atom stereocenters. The second-order valence-electron chi connectivity index (χ2n) is 3.68. The maximum Gasteiger partial charge on any atom is 0.0796 e. The standard InChI is InChI=1S/C11H21N3O3S/c1-11-10-14(13-12-11)2-3-15-4-5-16-6-7-17-8-9-18/h10,18H,2-9H2,1H3. The van der Waals surface area contributed by atoms with E-state index in [0.29, 0.717) is 46.2 Å². The van der Waals surface area contributed by atoms with Crippen LogP contribution < -0.4 is 0 Å². The molecule has 1 rings (SSSR count). The van der Waals surface area contributed by atoms with Crippen molar-refractivity contribution >= 4 is 12.6 Å². The van der Waals surface area contributed by atoms with Crippen LogP contribution in [0.4, 0.5) is 0 Å². The third-order valence-corrected chi connectivity index (χ3v) is 2.28. The summed E-state index contributed by atoms with van der Waals surface area (Å²) in [4.78, 5) is 0. The van der Waals surface area contributed by atoms with E-state index in [9.17, 15) is 0 Å². The first-order valence-corrected chi connectivity index (χ1v) is 6.67. The van der Waals surface area contributed by atoms with Crippen LogP contribution in [0.2, 0.25) is 0 Å². The Hall–Kier alpha value is -0.630. The third-order valence-electron chi connectivity index (χ3n) is 2.10. The van der Waals surface area contributed by atoms with Gasteiger partial charge in [0.25, 0.3) is 0 Å². The second-order valence-corrected chi connectivity index (χ2v) is 4.13. The quantitative estimate of drug-likeness (QED) is 0.472. The summed E-state index contributed by atoms with van der Waals surface area (Å²) in [6.45, 7) is 6.28. The van der Waals surface area contributed by atoms with Crippen LogP contribution in [0.5, 0.6) is 0 Å². The highest BCUT2D eigenvalue weighted by Gasteiger charge is 1.95. The summed E-state index contributed by atoms with van der Waals surface area (Å²) >= 11 is 4.04. The van der Waals surface area contributed by atoms with Gasteiger partial charge in [-0.2, -0.15) is 12.6 Å². The summed E-state index contributed by atoms with van der Waals surface area (Å²) in [5.41, 5.74) is 0.916. The molecule has 0 aliphatic heterocycles. The zero-order chi connectivity index (χ0) is 13.1. The van der Waals surface area contributed by atoms with Crippen LogP contribution in [0, 0.1) is 6.92 Å². The first-order chi connectivity index (χ1) is 8.83. The molecule has 0 radical (unpaired) electrons. The van der Waals surface area contributed by atoms with Gasteiger partial charge in [-0.3, -0.25) is 0 Å². The highest BCUT2D eigenvalue weighted by atomic mass is 32.1. The van der Waals surface area contributed by atoms with Gasteiger partial charge in [0, 0.05) is 11.9 Å². The topological polar surface area (TPSA) is 58.4 Å². The molecular formula is C11H21N3O3S. The van der Waals surface area contributed by atoms with Gasteiger partial charge >= 0.3 is 0 Å². The van der Waals surface area contributed by atoms with E-state index in [1.807, 2.05) is 13.1 Å². The van der Waals surface area contributed by atoms with Crippen LogP contribution in [0.15, 0.2) is 6.20 Å². The first-order valence-electron chi connectivity index (χ1n) is 6.03. The van der Waals surface area contributed by atoms with Crippen LogP contribution in [0.25, 0.3) is 0 Å². The number of ether oxygens (including phenoxy) is 3. The molecular weight excluding hydrogens is 254 g/mol. The maximum atomic E-state index is 5.41. The molecule has 0 spiro atoms. The van der Waals surface area contributed by atoms with Crippen molar-refractivity contribution in [3.8, 4) is 0 Å². The Morgan fingerprint density at radius 2 is 1.67 bits per heavy atom. The van der Waals surface area contributed by atoms with Gasteiger partial charge in [-0.05, 0) is 6.92 Å². The monoisotopic (exact) mass is 275 g/mol. The molecule has 104 valence electrons. The minimum Gasteiger partial charge on any atom is -0.378 e. The fourth-order valence-electron chi connectivity index (χ4n) is 1.27. The van der Waals surface area contributed by atoms with E-state index in [1.54, 1.807) is 4.68 Å². The summed E-state index contributed by atoms with van der Waals surface area (Å²) < 4.78 is 17.7. The van der Waals surface area contributed by atoms with E-state index in [4.69, 9.17) is 14.2 Å². The Morgan fingerprint density at radius 3 is 2.22 bits per heavy atom. The van der Waals surface area contributed by atoms with E-state index >= 15 is 0 Å². The molecule has 1 heterocycles. The number of hydrogen-bond acceptors (Lipinski definition) is 6. The molecule has 18 heavy (non-hydrogen) atoms. The molecule has 0 aliphatic carbocycles. The Balaban J connectivity index is 1.81. The maximum absolute atomic E-state index is 5.41. The predicted octanol–water partition coefficient (Wildman–Crippen LogP) is 0.566. The zero-order valence-electron chi connectivity index (χ0n) is 10.7. The SMILES string of the molecule is Cc1cn(CCOCCOCCOCCS)nn1. The lowest BCUT2D eigenvalue weighted by Crippen LogP contribution is -2.12. The number of aromatic nitrogens is 3. The highest BCUT2D eigenvalue weighted by molar-refractivity contribution is 7.80. The smallest absolute Gasteiger partial charge is 0.0796 e. The molecule has 0 atom stereocenters. The molecule has 1 aromatic rings. The van der Waals surface area contributed by atoms with Gasteiger partial charge in [0.2, 0.25) is 0 Å². The van der Waals surface area contributed by atoms with Gasteiger partial charge < -0.3 is 14.2 Å². The van der Waals surface area contributed by atoms with E-state index in [1.165, 1.54) is 0 Å². The average molecular weight is 275 g/mol. The van der Waals surface area contributed by atoms with Crippen molar-refractivity contribution in [1.29, 1.82) is 0 Å². The molecule has 0 N–H and O–H groups in total. The normalized spacial score (nSPS) is 11.0. The molecule has 0 saturated heterocycles. The number of rotatable bonds is 11. The lowest BCUT2D eigenvalue weighted by molar-refractivity contribution is 0.0155. The molecule has 0 fully saturated rings. The van der Waals surface area contributed by atoms with Crippen molar-refractivity contribution in [3.05, 3.63) is 11.9 Å². The molecule has 1 aromatic heterocycles. The molecule has 7 heteroatoms. The first kappa shape index (κ1) is 15.4. The van der Waals surface area contributed by atoms with Crippen LogP contribution >= 0.6 is 12.6 Å². The van der Waals surface area contributed by atoms with Gasteiger partial charge in [0.05, 0.1) is 51.9 Å². The van der Waals surface area contributed by atoms with Gasteiger partial charge in [-0.15, -0.1) is 5.10 Å². The van der Waals surface area contributed by atoms with Crippen LogP contribution in [0.1, 0.15) is 5.69 Å². The van der Waals surface area contributed by atoms with Crippen LogP contribution in [-0.2, 0) is 20.8 Å². The van der Waals surface area contributed by atoms with Crippen molar-refractivity contribution in [2.45, 2.75) is 13.5 Å². The van der Waals surface area contributed by atoms with Crippen molar-refractivity contribution < 1.29 is 14.2 Å². The van der Waals surface area contributed by atoms with Crippen molar-refractivity contribution in [2.24, 2.45) is 0 Å². The van der Waals surface area contributed by atoms with Gasteiger partial charge in [-0.1, -0.05) is 5.21 Å². The molecule has 0 bridgehead atoms. The van der Waals surface area contributed by atoms with E-state index in [0.717, 1.165) is 11.4 Å². The zero-order valence-corrected chi connectivity index (χ0v) is 11.6. The summed E-state index contributed by atoms with van der Waals surface area (Å²) in [5.74, 6) is 0.741. The van der Waals surface area contributed by atoms with E-state index in [2.05, 4.69) is 22.9 Å². The second kappa shape index (κ2) is 10.3. The summed E-state index contributed by atoms with van der Waals surface area (Å²) in [6, 6.07) is 0. The molecule has 0 saturated carbocycles. The van der Waals surface area contributed by atoms with Gasteiger partial charge in [0.15, 0.2) is 0 Å². The molecule has 0 aliphatic rings. The highest BCUT2D eigenvalue weighted by Crippen LogP contribution is 1.89. The lowest BCUT2D eigenvalue weighted by atomic mass is 10.5. The number of hydrogen-bond donors (Lipinski definition) is 1. The minimum atomic E-state index is 0.584. The lowest BCUT2D eigenvalue weighted by Gasteiger charge is -2.06. The molecule has 6 nitrogen and oxygen atoms in total. The van der Waals surface area contributed by atoms with Crippen molar-refractivity contribution in [3.63, 3.8) is 0 Å².